The molecule has 2 saturated carbocycles. The topological polar surface area (TPSA) is 75.4 Å². The van der Waals surface area contributed by atoms with Gasteiger partial charge >= 0.3 is 0 Å². The van der Waals surface area contributed by atoms with Crippen molar-refractivity contribution in [1.82, 2.24) is 5.32 Å². The van der Waals surface area contributed by atoms with Crippen LogP contribution in [0.3, 0.4) is 0 Å². The molecule has 4 nitrogen and oxygen atoms in total. The molecular weight excluding hydrogens is 228 g/mol. The van der Waals surface area contributed by atoms with Crippen molar-refractivity contribution in [3.05, 3.63) is 0 Å². The summed E-state index contributed by atoms with van der Waals surface area (Å²) >= 11 is 0. The number of nitrogens with two attached hydrogens (primary N) is 1. The highest BCUT2D eigenvalue weighted by atomic mass is 16.3. The van der Waals surface area contributed by atoms with Gasteiger partial charge in [0.1, 0.15) is 0 Å². The quantitative estimate of drug-likeness (QED) is 0.711. The van der Waals surface area contributed by atoms with Crippen LogP contribution in [-0.2, 0) is 4.79 Å². The molecular formula is C14H26N2O2. The second kappa shape index (κ2) is 6.02. The lowest BCUT2D eigenvalue weighted by Gasteiger charge is -2.37. The molecule has 0 bridgehead atoms. The molecule has 2 fully saturated rings. The fourth-order valence-electron chi connectivity index (χ4n) is 3.34. The lowest BCUT2D eigenvalue weighted by molar-refractivity contribution is -0.129. The van der Waals surface area contributed by atoms with E-state index in [1.54, 1.807) is 0 Å². The summed E-state index contributed by atoms with van der Waals surface area (Å²) in [6.45, 7) is 0.169. The second-order valence-corrected chi connectivity index (χ2v) is 6.02. The summed E-state index contributed by atoms with van der Waals surface area (Å²) in [5.74, 6) is 0.224. The lowest BCUT2D eigenvalue weighted by atomic mass is 9.80. The van der Waals surface area contributed by atoms with Gasteiger partial charge in [-0.05, 0) is 25.7 Å². The lowest BCUT2D eigenvalue weighted by Crippen LogP contribution is -2.58. The first-order valence-corrected chi connectivity index (χ1v) is 7.36. The molecule has 18 heavy (non-hydrogen) atoms. The van der Waals surface area contributed by atoms with Crippen LogP contribution in [0, 0.1) is 5.92 Å². The fourth-order valence-corrected chi connectivity index (χ4v) is 3.34. The number of amides is 1. The van der Waals surface area contributed by atoms with Crippen LogP contribution in [0.25, 0.3) is 0 Å². The number of rotatable bonds is 3. The van der Waals surface area contributed by atoms with E-state index in [0.717, 1.165) is 51.4 Å². The number of hydrogen-bond acceptors (Lipinski definition) is 3. The van der Waals surface area contributed by atoms with Crippen LogP contribution in [0.1, 0.15) is 57.8 Å². The van der Waals surface area contributed by atoms with E-state index in [4.69, 9.17) is 5.73 Å². The van der Waals surface area contributed by atoms with E-state index in [2.05, 4.69) is 5.32 Å². The van der Waals surface area contributed by atoms with Gasteiger partial charge in [0.2, 0.25) is 5.91 Å². The zero-order chi connectivity index (χ0) is 13.0. The molecule has 2 unspecified atom stereocenters. The van der Waals surface area contributed by atoms with E-state index in [1.165, 1.54) is 6.42 Å². The third kappa shape index (κ3) is 3.04. The van der Waals surface area contributed by atoms with Crippen LogP contribution >= 0.6 is 0 Å². The van der Waals surface area contributed by atoms with Crippen molar-refractivity contribution in [2.75, 3.05) is 6.61 Å². The summed E-state index contributed by atoms with van der Waals surface area (Å²) in [7, 11) is 0. The third-order valence-electron chi connectivity index (χ3n) is 4.66. The Kier molecular flexibility index (Phi) is 4.62. The number of aliphatic hydroxyl groups excluding tert-OH is 1. The van der Waals surface area contributed by atoms with Crippen molar-refractivity contribution in [1.29, 1.82) is 0 Å². The molecule has 0 saturated heterocycles. The van der Waals surface area contributed by atoms with Crippen LogP contribution in [-0.4, -0.2) is 29.2 Å². The number of hydrogen-bond donors (Lipinski definition) is 3. The molecule has 0 spiro atoms. The Hall–Kier alpha value is -0.610. The van der Waals surface area contributed by atoms with Gasteiger partial charge < -0.3 is 16.2 Å². The normalized spacial score (nSPS) is 31.9. The van der Waals surface area contributed by atoms with Gasteiger partial charge in [-0.25, -0.2) is 0 Å². The van der Waals surface area contributed by atoms with Crippen LogP contribution < -0.4 is 11.1 Å². The number of carbonyl (C=O) groups excluding carboxylic acids is 1. The highest BCUT2D eigenvalue weighted by molar-refractivity contribution is 5.86. The first kappa shape index (κ1) is 13.8. The van der Waals surface area contributed by atoms with Crippen molar-refractivity contribution in [3.8, 4) is 0 Å². The second-order valence-electron chi connectivity index (χ2n) is 6.02. The van der Waals surface area contributed by atoms with Crippen LogP contribution in [0.15, 0.2) is 0 Å². The molecule has 4 N–H and O–H groups in total. The summed E-state index contributed by atoms with van der Waals surface area (Å²) in [5.41, 5.74) is 5.58. The van der Waals surface area contributed by atoms with Gasteiger partial charge in [-0.15, -0.1) is 0 Å². The van der Waals surface area contributed by atoms with E-state index >= 15 is 0 Å². The zero-order valence-corrected chi connectivity index (χ0v) is 11.2. The van der Waals surface area contributed by atoms with Crippen molar-refractivity contribution >= 4 is 5.91 Å². The minimum absolute atomic E-state index is 0.00699. The van der Waals surface area contributed by atoms with Gasteiger partial charge in [-0.3, -0.25) is 4.79 Å². The highest BCUT2D eigenvalue weighted by Crippen LogP contribution is 2.28. The average molecular weight is 254 g/mol. The molecule has 1 amide bonds. The van der Waals surface area contributed by atoms with Gasteiger partial charge in [0, 0.05) is 18.6 Å². The SMILES string of the molecule is NC1(C(=O)NC2CCCCC2CO)CCCCC1. The van der Waals surface area contributed by atoms with Crippen molar-refractivity contribution < 1.29 is 9.90 Å². The fraction of sp³-hybridized carbons (Fsp3) is 0.929. The van der Waals surface area contributed by atoms with Crippen molar-refractivity contribution in [2.24, 2.45) is 11.7 Å². The Morgan fingerprint density at radius 3 is 2.50 bits per heavy atom. The maximum Gasteiger partial charge on any atom is 0.240 e. The largest absolute Gasteiger partial charge is 0.396 e. The predicted octanol–water partition coefficient (Wildman–Crippen LogP) is 1.32. The van der Waals surface area contributed by atoms with Crippen LogP contribution in [0.4, 0.5) is 0 Å². The highest BCUT2D eigenvalue weighted by Gasteiger charge is 2.37. The molecule has 0 aliphatic heterocycles. The molecule has 104 valence electrons. The summed E-state index contributed by atoms with van der Waals surface area (Å²) < 4.78 is 0. The first-order chi connectivity index (χ1) is 8.65. The Morgan fingerprint density at radius 2 is 1.83 bits per heavy atom. The Labute approximate surface area is 109 Å². The van der Waals surface area contributed by atoms with Gasteiger partial charge in [0.05, 0.1) is 5.54 Å². The van der Waals surface area contributed by atoms with E-state index in [9.17, 15) is 9.90 Å². The number of carbonyl (C=O) groups is 1. The van der Waals surface area contributed by atoms with Gasteiger partial charge in [-0.2, -0.15) is 0 Å². The number of aliphatic hydroxyl groups is 1. The molecule has 0 aromatic carbocycles. The standard InChI is InChI=1S/C14H26N2O2/c15-14(8-4-1-5-9-14)13(18)16-12-7-3-2-6-11(12)10-17/h11-12,17H,1-10,15H2,(H,16,18). The molecule has 0 aromatic heterocycles. The van der Waals surface area contributed by atoms with E-state index in [-0.39, 0.29) is 24.5 Å². The Balaban J connectivity index is 1.92. The van der Waals surface area contributed by atoms with Crippen molar-refractivity contribution in [3.63, 3.8) is 0 Å². The smallest absolute Gasteiger partial charge is 0.240 e. The predicted molar refractivity (Wildman–Crippen MR) is 71.0 cm³/mol. The number of nitrogens with one attached hydrogen (secondary N) is 1. The average Bonchev–Trinajstić information content (AvgIpc) is 2.40. The molecule has 2 aliphatic carbocycles. The molecule has 0 radical (unpaired) electrons. The molecule has 2 atom stereocenters. The minimum Gasteiger partial charge on any atom is -0.396 e. The summed E-state index contributed by atoms with van der Waals surface area (Å²) in [6, 6.07) is 0.124. The summed E-state index contributed by atoms with van der Waals surface area (Å²) in [5, 5.41) is 12.5. The maximum atomic E-state index is 12.3. The molecule has 0 heterocycles. The van der Waals surface area contributed by atoms with Crippen molar-refractivity contribution in [2.45, 2.75) is 69.4 Å². The molecule has 0 aromatic rings. The Bertz CT molecular complexity index is 288. The summed E-state index contributed by atoms with van der Waals surface area (Å²) in [4.78, 5) is 12.3. The van der Waals surface area contributed by atoms with E-state index in [0.29, 0.717) is 0 Å². The van der Waals surface area contributed by atoms with Gasteiger partial charge in [0.25, 0.3) is 0 Å². The molecule has 2 rings (SSSR count). The maximum absolute atomic E-state index is 12.3. The monoisotopic (exact) mass is 254 g/mol. The minimum atomic E-state index is -0.657. The van der Waals surface area contributed by atoms with E-state index < -0.39 is 5.54 Å². The first-order valence-electron chi connectivity index (χ1n) is 7.36. The van der Waals surface area contributed by atoms with Crippen LogP contribution in [0.5, 0.6) is 0 Å². The summed E-state index contributed by atoms with van der Waals surface area (Å²) in [6.07, 6.45) is 9.19. The third-order valence-corrected chi connectivity index (χ3v) is 4.66. The van der Waals surface area contributed by atoms with Gasteiger partial charge in [0.15, 0.2) is 0 Å². The molecule has 2 aliphatic rings. The molecule has 4 heteroatoms. The van der Waals surface area contributed by atoms with Crippen LogP contribution in [0.2, 0.25) is 0 Å². The zero-order valence-electron chi connectivity index (χ0n) is 11.2. The van der Waals surface area contributed by atoms with Gasteiger partial charge in [-0.1, -0.05) is 32.1 Å². The van der Waals surface area contributed by atoms with E-state index in [1.807, 2.05) is 0 Å². The Morgan fingerprint density at radius 1 is 1.17 bits per heavy atom.